The number of carbonyl (C=O) groups is 1. The van der Waals surface area contributed by atoms with Crippen LogP contribution in [0, 0.1) is 0 Å². The van der Waals surface area contributed by atoms with E-state index in [1.807, 2.05) is 48.6 Å². The zero-order valence-electron chi connectivity index (χ0n) is 9.68. The van der Waals surface area contributed by atoms with Gasteiger partial charge in [0.15, 0.2) is 5.78 Å². The van der Waals surface area contributed by atoms with Crippen LogP contribution in [0.2, 0.25) is 0 Å². The molecule has 0 spiro atoms. The highest BCUT2D eigenvalue weighted by atomic mass is 16.1. The monoisotopic (exact) mass is 230 g/mol. The summed E-state index contributed by atoms with van der Waals surface area (Å²) in [6, 6.07) is 11.9. The summed E-state index contributed by atoms with van der Waals surface area (Å²) in [6.07, 6.45) is 8.16. The Morgan fingerprint density at radius 1 is 0.889 bits per heavy atom. The lowest BCUT2D eigenvalue weighted by Crippen LogP contribution is -2.26. The molecule has 0 unspecified atom stereocenters. The maximum Gasteiger partial charge on any atom is 0.194 e. The number of allylic oxidation sites excluding steroid dienone is 1. The van der Waals surface area contributed by atoms with Crippen molar-refractivity contribution in [3.8, 4) is 0 Å². The molecule has 0 saturated heterocycles. The van der Waals surface area contributed by atoms with E-state index in [9.17, 15) is 4.79 Å². The fourth-order valence-electron chi connectivity index (χ4n) is 2.73. The second kappa shape index (κ2) is 3.30. The fourth-order valence-corrected chi connectivity index (χ4v) is 2.73. The largest absolute Gasteiger partial charge is 0.289 e. The Kier molecular flexibility index (Phi) is 1.76. The van der Waals surface area contributed by atoms with E-state index >= 15 is 0 Å². The molecule has 4 rings (SSSR count). The molecule has 1 nitrogen and oxygen atoms in total. The average molecular weight is 230 g/mol. The number of benzene rings is 2. The molecule has 0 radical (unpaired) electrons. The molecule has 0 N–H and O–H groups in total. The van der Waals surface area contributed by atoms with Crippen LogP contribution in [0.25, 0.3) is 18.2 Å². The summed E-state index contributed by atoms with van der Waals surface area (Å²) in [7, 11) is 0. The van der Waals surface area contributed by atoms with E-state index in [1.54, 1.807) is 0 Å². The summed E-state index contributed by atoms with van der Waals surface area (Å²) < 4.78 is 0. The summed E-state index contributed by atoms with van der Waals surface area (Å²) in [5.74, 6) is 0.139. The van der Waals surface area contributed by atoms with Crippen LogP contribution >= 0.6 is 0 Å². The van der Waals surface area contributed by atoms with Gasteiger partial charge in [-0.25, -0.2) is 0 Å². The second-order valence-corrected chi connectivity index (χ2v) is 4.62. The van der Waals surface area contributed by atoms with Crippen LogP contribution in [0.1, 0.15) is 27.0 Å². The maximum absolute atomic E-state index is 12.6. The molecule has 0 bridgehead atoms. The van der Waals surface area contributed by atoms with Crippen LogP contribution in [0.15, 0.2) is 42.5 Å². The summed E-state index contributed by atoms with van der Waals surface area (Å²) >= 11 is 0. The van der Waals surface area contributed by atoms with Crippen molar-refractivity contribution in [2.45, 2.75) is 0 Å². The number of hydrogen-bond donors (Lipinski definition) is 0. The molecule has 1 heteroatoms. The van der Waals surface area contributed by atoms with Crippen LogP contribution < -0.4 is 10.4 Å². The summed E-state index contributed by atoms with van der Waals surface area (Å²) in [6.45, 7) is 0. The van der Waals surface area contributed by atoms with Gasteiger partial charge in [-0.05, 0) is 27.6 Å². The molecular weight excluding hydrogens is 220 g/mol. The van der Waals surface area contributed by atoms with Crippen molar-refractivity contribution < 1.29 is 4.79 Å². The lowest BCUT2D eigenvalue weighted by atomic mass is 9.88. The smallest absolute Gasteiger partial charge is 0.194 e. The lowest BCUT2D eigenvalue weighted by molar-refractivity contribution is 0.103. The molecule has 0 atom stereocenters. The predicted molar refractivity (Wildman–Crippen MR) is 72.6 cm³/mol. The summed E-state index contributed by atoms with van der Waals surface area (Å²) in [5.41, 5.74) is 3.72. The van der Waals surface area contributed by atoms with Crippen LogP contribution in [-0.2, 0) is 0 Å². The van der Waals surface area contributed by atoms with E-state index in [-0.39, 0.29) is 5.78 Å². The molecule has 2 aliphatic rings. The minimum atomic E-state index is 0.139. The molecular formula is C17H10O. The molecule has 2 aromatic carbocycles. The normalized spacial score (nSPS) is 14.3. The third kappa shape index (κ3) is 1.13. The summed E-state index contributed by atoms with van der Waals surface area (Å²) in [4.78, 5) is 12.6. The van der Waals surface area contributed by atoms with Gasteiger partial charge in [-0.1, -0.05) is 54.6 Å². The number of carbonyl (C=O) groups excluding carboxylic acids is 1. The number of fused-ring (bicyclic) bond motifs is 4. The van der Waals surface area contributed by atoms with Crippen molar-refractivity contribution in [3.05, 3.63) is 75.2 Å². The van der Waals surface area contributed by atoms with Gasteiger partial charge in [-0.15, -0.1) is 0 Å². The summed E-state index contributed by atoms with van der Waals surface area (Å²) in [5, 5.41) is 2.16. The van der Waals surface area contributed by atoms with Gasteiger partial charge in [0.1, 0.15) is 0 Å². The highest BCUT2D eigenvalue weighted by molar-refractivity contribution is 6.15. The first-order chi connectivity index (χ1) is 8.84. The Morgan fingerprint density at radius 2 is 1.72 bits per heavy atom. The van der Waals surface area contributed by atoms with E-state index < -0.39 is 0 Å². The number of hydrogen-bond acceptors (Lipinski definition) is 1. The molecule has 0 amide bonds. The molecule has 84 valence electrons. The van der Waals surface area contributed by atoms with Crippen molar-refractivity contribution in [1.29, 1.82) is 0 Å². The minimum Gasteiger partial charge on any atom is -0.289 e. The molecule has 0 heterocycles. The van der Waals surface area contributed by atoms with Crippen LogP contribution in [0.4, 0.5) is 0 Å². The van der Waals surface area contributed by atoms with Gasteiger partial charge in [-0.2, -0.15) is 0 Å². The van der Waals surface area contributed by atoms with Gasteiger partial charge in [0.25, 0.3) is 0 Å². The van der Waals surface area contributed by atoms with Gasteiger partial charge in [0.05, 0.1) is 0 Å². The Bertz CT molecular complexity index is 838. The van der Waals surface area contributed by atoms with Gasteiger partial charge >= 0.3 is 0 Å². The Morgan fingerprint density at radius 3 is 2.67 bits per heavy atom. The molecule has 0 fully saturated rings. The van der Waals surface area contributed by atoms with Crippen molar-refractivity contribution in [2.75, 3.05) is 0 Å². The van der Waals surface area contributed by atoms with Gasteiger partial charge in [0.2, 0.25) is 0 Å². The first kappa shape index (κ1) is 9.60. The van der Waals surface area contributed by atoms with Crippen molar-refractivity contribution in [2.24, 2.45) is 0 Å². The maximum atomic E-state index is 12.6. The zero-order chi connectivity index (χ0) is 12.1. The topological polar surface area (TPSA) is 17.1 Å². The fraction of sp³-hybridized carbons (Fsp3) is 0. The Hall–Kier alpha value is -2.41. The average Bonchev–Trinajstić information content (AvgIpc) is 2.87. The van der Waals surface area contributed by atoms with Crippen LogP contribution in [-0.4, -0.2) is 5.78 Å². The number of ketones is 1. The minimum absolute atomic E-state index is 0.139. The van der Waals surface area contributed by atoms with Crippen molar-refractivity contribution in [3.63, 3.8) is 0 Å². The molecule has 0 aliphatic heterocycles. The molecule has 2 aromatic rings. The van der Waals surface area contributed by atoms with Crippen LogP contribution in [0.5, 0.6) is 0 Å². The standard InChI is InChI=1S/C17H10O/c18-17-15-6-2-1-4-12(15)10-13-9-8-11-5-3-7-14(11)16(13)17/h1-10H. The quantitative estimate of drug-likeness (QED) is 0.576. The van der Waals surface area contributed by atoms with Gasteiger partial charge in [0, 0.05) is 11.1 Å². The van der Waals surface area contributed by atoms with E-state index in [4.69, 9.17) is 0 Å². The Balaban J connectivity index is 2.18. The molecule has 18 heavy (non-hydrogen) atoms. The lowest BCUT2D eigenvalue weighted by Gasteiger charge is -2.14. The third-order valence-electron chi connectivity index (χ3n) is 3.59. The third-order valence-corrected chi connectivity index (χ3v) is 3.59. The van der Waals surface area contributed by atoms with E-state index in [0.29, 0.717) is 0 Å². The van der Waals surface area contributed by atoms with Gasteiger partial charge in [-0.3, -0.25) is 4.79 Å². The highest BCUT2D eigenvalue weighted by Crippen LogP contribution is 2.20. The van der Waals surface area contributed by atoms with E-state index in [1.165, 1.54) is 0 Å². The number of rotatable bonds is 0. The highest BCUT2D eigenvalue weighted by Gasteiger charge is 2.21. The first-order valence-corrected chi connectivity index (χ1v) is 6.01. The molecule has 2 aliphatic carbocycles. The van der Waals surface area contributed by atoms with E-state index in [2.05, 4.69) is 12.1 Å². The van der Waals surface area contributed by atoms with Crippen molar-refractivity contribution >= 4 is 24.0 Å². The molecule has 0 aromatic heterocycles. The van der Waals surface area contributed by atoms with Gasteiger partial charge < -0.3 is 0 Å². The predicted octanol–water partition coefficient (Wildman–Crippen LogP) is 1.87. The molecule has 0 saturated carbocycles. The zero-order valence-corrected chi connectivity index (χ0v) is 9.68. The van der Waals surface area contributed by atoms with Crippen LogP contribution in [0.3, 0.4) is 0 Å². The first-order valence-electron chi connectivity index (χ1n) is 6.01. The second-order valence-electron chi connectivity index (χ2n) is 4.62. The van der Waals surface area contributed by atoms with E-state index in [0.717, 1.165) is 32.7 Å². The Labute approximate surface area is 104 Å². The van der Waals surface area contributed by atoms with Crippen molar-refractivity contribution in [1.82, 2.24) is 0 Å². The SMILES string of the molecule is O=C1c2ccccc2C=c2ccc3c(c21)C=CC=3.